The smallest absolute Gasteiger partial charge is 0.342 e. The summed E-state index contributed by atoms with van der Waals surface area (Å²) in [4.78, 5) is 34.9. The molecule has 7 nitrogen and oxygen atoms in total. The quantitative estimate of drug-likeness (QED) is 0.419. The molecule has 0 aliphatic heterocycles. The molecule has 1 amide bonds. The van der Waals surface area contributed by atoms with Gasteiger partial charge in [0.1, 0.15) is 0 Å². The van der Waals surface area contributed by atoms with E-state index in [0.29, 0.717) is 6.42 Å². The van der Waals surface area contributed by atoms with Crippen molar-refractivity contribution in [2.75, 3.05) is 0 Å². The fraction of sp³-hybridized carbons (Fsp3) is 0.357. The average molecular weight is 297 g/mol. The average Bonchev–Trinajstić information content (AvgIpc) is 2.47. The summed E-state index contributed by atoms with van der Waals surface area (Å²) >= 11 is 0. The molecule has 0 fully saturated rings. The third kappa shape index (κ3) is 7.68. The topological polar surface area (TPSA) is 127 Å². The number of carboxylic acid groups (broad SMARTS) is 1. The molecule has 0 aliphatic carbocycles. The molecule has 0 radical (unpaired) electrons. The Kier molecular flexibility index (Phi) is 9.19. The van der Waals surface area contributed by atoms with E-state index in [1.54, 1.807) is 6.07 Å². The van der Waals surface area contributed by atoms with Crippen LogP contribution in [0.2, 0.25) is 0 Å². The number of unbranched alkanes of at least 4 members (excludes halogenated alkanes) is 2. The van der Waals surface area contributed by atoms with Crippen LogP contribution in [0, 0.1) is 0 Å². The van der Waals surface area contributed by atoms with Crippen LogP contribution in [0.25, 0.3) is 0 Å². The van der Waals surface area contributed by atoms with Gasteiger partial charge in [-0.1, -0.05) is 31.9 Å². The van der Waals surface area contributed by atoms with Crippen LogP contribution in [0.15, 0.2) is 24.3 Å². The van der Waals surface area contributed by atoms with Crippen molar-refractivity contribution in [2.45, 2.75) is 32.6 Å². The maximum atomic E-state index is 10.7. The third-order valence-electron chi connectivity index (χ3n) is 2.51. The Morgan fingerprint density at radius 3 is 2.10 bits per heavy atom. The number of primary amides is 1. The molecular formula is C14H19NO6. The number of carboxylic acids is 1. The molecular weight excluding hydrogens is 278 g/mol. The lowest BCUT2D eigenvalue weighted by Gasteiger charge is -1.99. The number of amides is 1. The molecule has 1 aromatic carbocycles. The molecule has 1 aromatic rings. The van der Waals surface area contributed by atoms with Gasteiger partial charge in [-0.3, -0.25) is 4.79 Å². The van der Waals surface area contributed by atoms with Crippen LogP contribution in [-0.2, 0) is 9.68 Å². The number of aromatic carboxylic acids is 1. The Balaban J connectivity index is 0.000000400. The van der Waals surface area contributed by atoms with E-state index in [-0.39, 0.29) is 11.1 Å². The summed E-state index contributed by atoms with van der Waals surface area (Å²) in [5.41, 5.74) is 4.92. The van der Waals surface area contributed by atoms with Gasteiger partial charge in [0.25, 0.3) is 0 Å². The molecule has 1 rings (SSSR count). The van der Waals surface area contributed by atoms with Crippen LogP contribution >= 0.6 is 0 Å². The lowest BCUT2D eigenvalue weighted by Crippen LogP contribution is -2.15. The van der Waals surface area contributed by atoms with Crippen LogP contribution in [0.4, 0.5) is 0 Å². The van der Waals surface area contributed by atoms with Gasteiger partial charge in [0.15, 0.2) is 0 Å². The Hall–Kier alpha value is -2.41. The summed E-state index contributed by atoms with van der Waals surface area (Å²) in [6, 6.07) is 5.82. The maximum Gasteiger partial charge on any atom is 0.342 e. The monoisotopic (exact) mass is 297 g/mol. The van der Waals surface area contributed by atoms with E-state index in [0.717, 1.165) is 19.3 Å². The molecule has 116 valence electrons. The second kappa shape index (κ2) is 10.4. The maximum absolute atomic E-state index is 10.7. The zero-order valence-electron chi connectivity index (χ0n) is 11.7. The fourth-order valence-electron chi connectivity index (χ4n) is 1.45. The Labute approximate surface area is 122 Å². The number of carbonyl (C=O) groups is 3. The van der Waals surface area contributed by atoms with E-state index >= 15 is 0 Å². The van der Waals surface area contributed by atoms with Gasteiger partial charge >= 0.3 is 11.9 Å². The predicted molar refractivity (Wildman–Crippen MR) is 74.8 cm³/mol. The first-order valence-electron chi connectivity index (χ1n) is 6.40. The van der Waals surface area contributed by atoms with Crippen LogP contribution in [0.1, 0.15) is 53.3 Å². The summed E-state index contributed by atoms with van der Waals surface area (Å²) in [6.07, 6.45) is 3.20. The minimum absolute atomic E-state index is 0.0324. The number of nitrogens with two attached hydrogens (primary N) is 1. The van der Waals surface area contributed by atoms with E-state index < -0.39 is 17.8 Å². The normalized spacial score (nSPS) is 9.24. The Bertz CT molecular complexity index is 453. The number of hydrogen-bond donors (Lipinski definition) is 3. The highest BCUT2D eigenvalue weighted by Crippen LogP contribution is 2.07. The molecule has 0 spiro atoms. The molecule has 21 heavy (non-hydrogen) atoms. The van der Waals surface area contributed by atoms with E-state index in [4.69, 9.17) is 16.1 Å². The van der Waals surface area contributed by atoms with Gasteiger partial charge < -0.3 is 15.7 Å². The predicted octanol–water partition coefficient (Wildman–Crippen LogP) is 2.07. The SMILES string of the molecule is CCCCCC(=O)OO.NC(=O)c1ccccc1C(=O)O. The van der Waals surface area contributed by atoms with E-state index in [1.807, 2.05) is 6.92 Å². The molecule has 0 aliphatic rings. The summed E-state index contributed by atoms with van der Waals surface area (Å²) in [7, 11) is 0. The van der Waals surface area contributed by atoms with E-state index in [2.05, 4.69) is 4.89 Å². The zero-order valence-corrected chi connectivity index (χ0v) is 11.7. The first kappa shape index (κ1) is 18.6. The van der Waals surface area contributed by atoms with Gasteiger partial charge in [-0.05, 0) is 18.6 Å². The van der Waals surface area contributed by atoms with Crippen molar-refractivity contribution in [3.63, 3.8) is 0 Å². The van der Waals surface area contributed by atoms with Gasteiger partial charge in [-0.15, -0.1) is 0 Å². The molecule has 0 aromatic heterocycles. The van der Waals surface area contributed by atoms with Gasteiger partial charge in [-0.2, -0.15) is 5.26 Å². The number of benzene rings is 1. The lowest BCUT2D eigenvalue weighted by molar-refractivity contribution is -0.234. The van der Waals surface area contributed by atoms with Crippen molar-refractivity contribution in [3.05, 3.63) is 35.4 Å². The number of rotatable bonds is 6. The molecule has 0 unspecified atom stereocenters. The van der Waals surface area contributed by atoms with E-state index in [1.165, 1.54) is 18.2 Å². The van der Waals surface area contributed by atoms with E-state index in [9.17, 15) is 14.4 Å². The Morgan fingerprint density at radius 2 is 1.71 bits per heavy atom. The standard InChI is InChI=1S/C8H7NO3.C6H12O3/c9-7(10)5-3-1-2-4-6(5)8(11)12;1-2-3-4-5-6(7)9-8/h1-4H,(H2,9,10)(H,11,12);8H,2-5H2,1H3. The highest BCUT2D eigenvalue weighted by atomic mass is 17.1. The molecule has 4 N–H and O–H groups in total. The largest absolute Gasteiger partial charge is 0.478 e. The molecule has 0 saturated carbocycles. The highest BCUT2D eigenvalue weighted by Gasteiger charge is 2.12. The third-order valence-corrected chi connectivity index (χ3v) is 2.51. The first-order valence-corrected chi connectivity index (χ1v) is 6.40. The zero-order chi connectivity index (χ0) is 16.3. The van der Waals surface area contributed by atoms with Crippen molar-refractivity contribution < 1.29 is 29.6 Å². The summed E-state index contributed by atoms with van der Waals surface area (Å²) in [6.45, 7) is 2.05. The fourth-order valence-corrected chi connectivity index (χ4v) is 1.45. The van der Waals surface area contributed by atoms with Crippen LogP contribution < -0.4 is 5.73 Å². The van der Waals surface area contributed by atoms with Crippen molar-refractivity contribution >= 4 is 17.8 Å². The summed E-state index contributed by atoms with van der Waals surface area (Å²) in [5.74, 6) is -2.42. The molecule has 0 atom stereocenters. The second-order valence-corrected chi connectivity index (χ2v) is 4.14. The minimum Gasteiger partial charge on any atom is -0.478 e. The van der Waals surface area contributed by atoms with Crippen LogP contribution in [-0.4, -0.2) is 28.2 Å². The lowest BCUT2D eigenvalue weighted by atomic mass is 10.1. The van der Waals surface area contributed by atoms with Crippen molar-refractivity contribution in [1.82, 2.24) is 0 Å². The van der Waals surface area contributed by atoms with Crippen LogP contribution in [0.5, 0.6) is 0 Å². The van der Waals surface area contributed by atoms with Gasteiger partial charge in [0.05, 0.1) is 11.1 Å². The molecule has 0 heterocycles. The van der Waals surface area contributed by atoms with Crippen molar-refractivity contribution in [2.24, 2.45) is 5.73 Å². The number of carbonyl (C=O) groups excluding carboxylic acids is 2. The number of hydrogen-bond acceptors (Lipinski definition) is 5. The molecule has 0 bridgehead atoms. The van der Waals surface area contributed by atoms with Crippen LogP contribution in [0.3, 0.4) is 0 Å². The Morgan fingerprint density at radius 1 is 1.14 bits per heavy atom. The van der Waals surface area contributed by atoms with Crippen molar-refractivity contribution in [1.29, 1.82) is 0 Å². The summed E-state index contributed by atoms with van der Waals surface area (Å²) < 4.78 is 0. The van der Waals surface area contributed by atoms with Crippen molar-refractivity contribution in [3.8, 4) is 0 Å². The van der Waals surface area contributed by atoms with Gasteiger partial charge in [0, 0.05) is 6.42 Å². The highest BCUT2D eigenvalue weighted by molar-refractivity contribution is 6.03. The minimum atomic E-state index is -1.15. The molecule has 7 heteroatoms. The summed E-state index contributed by atoms with van der Waals surface area (Å²) in [5, 5.41) is 16.4. The second-order valence-electron chi connectivity index (χ2n) is 4.14. The van der Waals surface area contributed by atoms with Gasteiger partial charge in [0.2, 0.25) is 5.91 Å². The first-order chi connectivity index (χ1) is 9.93. The van der Waals surface area contributed by atoms with Gasteiger partial charge in [-0.25, -0.2) is 9.59 Å². The molecule has 0 saturated heterocycles.